The van der Waals surface area contributed by atoms with Crippen LogP contribution in [0.3, 0.4) is 0 Å². The molecular weight excluding hydrogens is 228 g/mol. The largest absolute Gasteiger partial charge is 0.309 e. The van der Waals surface area contributed by atoms with Crippen LogP contribution in [0.2, 0.25) is 0 Å². The van der Waals surface area contributed by atoms with Crippen LogP contribution in [0.25, 0.3) is 0 Å². The summed E-state index contributed by atoms with van der Waals surface area (Å²) in [5.74, 6) is 0. The summed E-state index contributed by atoms with van der Waals surface area (Å²) in [5.41, 5.74) is 0.519. The zero-order chi connectivity index (χ0) is 12.5. The molecule has 1 aliphatic rings. The first-order chi connectivity index (χ1) is 7.89. The molecule has 0 aromatic carbocycles. The molecule has 3 heteroatoms. The van der Waals surface area contributed by atoms with Crippen LogP contribution in [-0.2, 0) is 5.41 Å². The highest BCUT2D eigenvalue weighted by Crippen LogP contribution is 2.29. The van der Waals surface area contributed by atoms with Crippen molar-refractivity contribution in [2.45, 2.75) is 38.6 Å². The second-order valence-electron chi connectivity index (χ2n) is 6.38. The van der Waals surface area contributed by atoms with Crippen molar-refractivity contribution in [2.75, 3.05) is 26.2 Å². The fraction of sp³-hybridized carbons (Fsp3) is 0.714. The fourth-order valence-electron chi connectivity index (χ4n) is 2.68. The Morgan fingerprint density at radius 2 is 2.24 bits per heavy atom. The van der Waals surface area contributed by atoms with Crippen molar-refractivity contribution in [1.29, 1.82) is 0 Å². The first kappa shape index (κ1) is 13.1. The second kappa shape index (κ2) is 4.71. The predicted octanol–water partition coefficient (Wildman–Crippen LogP) is 2.71. The van der Waals surface area contributed by atoms with E-state index in [1.54, 1.807) is 0 Å². The third-order valence-electron chi connectivity index (χ3n) is 3.46. The molecule has 0 bridgehead atoms. The molecule has 0 saturated carbocycles. The Hall–Kier alpha value is -0.380. The van der Waals surface area contributed by atoms with E-state index in [0.717, 1.165) is 26.2 Å². The summed E-state index contributed by atoms with van der Waals surface area (Å²) < 4.78 is 0. The highest BCUT2D eigenvalue weighted by atomic mass is 32.1. The van der Waals surface area contributed by atoms with E-state index >= 15 is 0 Å². The van der Waals surface area contributed by atoms with Gasteiger partial charge in [0.05, 0.1) is 0 Å². The van der Waals surface area contributed by atoms with Crippen LogP contribution in [0.15, 0.2) is 17.5 Å². The molecule has 0 aliphatic carbocycles. The average molecular weight is 252 g/mol. The maximum atomic E-state index is 3.57. The van der Waals surface area contributed by atoms with Crippen molar-refractivity contribution in [2.24, 2.45) is 0 Å². The van der Waals surface area contributed by atoms with Gasteiger partial charge in [-0.3, -0.25) is 4.90 Å². The summed E-state index contributed by atoms with van der Waals surface area (Å²) in [4.78, 5) is 4.09. The second-order valence-corrected chi connectivity index (χ2v) is 7.33. The molecule has 2 heterocycles. The molecular formula is C14H24N2S. The van der Waals surface area contributed by atoms with Gasteiger partial charge in [0.2, 0.25) is 0 Å². The van der Waals surface area contributed by atoms with Gasteiger partial charge in [-0.05, 0) is 25.3 Å². The van der Waals surface area contributed by atoms with Crippen molar-refractivity contribution in [1.82, 2.24) is 10.2 Å². The third-order valence-corrected chi connectivity index (χ3v) is 4.69. The Morgan fingerprint density at radius 3 is 2.82 bits per heavy atom. The normalized spacial score (nSPS) is 21.6. The fourth-order valence-corrected chi connectivity index (χ4v) is 3.53. The molecule has 96 valence electrons. The van der Waals surface area contributed by atoms with Gasteiger partial charge in [-0.25, -0.2) is 0 Å². The first-order valence-corrected chi connectivity index (χ1v) is 7.28. The van der Waals surface area contributed by atoms with E-state index in [9.17, 15) is 0 Å². The van der Waals surface area contributed by atoms with E-state index in [2.05, 4.69) is 55.4 Å². The number of hydrogen-bond donors (Lipinski definition) is 1. The molecule has 17 heavy (non-hydrogen) atoms. The topological polar surface area (TPSA) is 15.3 Å². The van der Waals surface area contributed by atoms with Gasteiger partial charge in [-0.2, -0.15) is 0 Å². The summed E-state index contributed by atoms with van der Waals surface area (Å²) in [7, 11) is 0. The van der Waals surface area contributed by atoms with E-state index in [4.69, 9.17) is 0 Å². The number of nitrogens with zero attached hydrogens (tertiary/aromatic N) is 1. The lowest BCUT2D eigenvalue weighted by molar-refractivity contribution is 0.132. The van der Waals surface area contributed by atoms with Gasteiger partial charge in [0.25, 0.3) is 0 Å². The molecule has 0 radical (unpaired) electrons. The molecule has 0 spiro atoms. The summed E-state index contributed by atoms with van der Waals surface area (Å²) in [6.07, 6.45) is 0. The first-order valence-electron chi connectivity index (χ1n) is 6.40. The van der Waals surface area contributed by atoms with Gasteiger partial charge >= 0.3 is 0 Å². The monoisotopic (exact) mass is 252 g/mol. The predicted molar refractivity (Wildman–Crippen MR) is 75.9 cm³/mol. The molecule has 1 aliphatic heterocycles. The minimum absolute atomic E-state index is 0.254. The van der Waals surface area contributed by atoms with Crippen LogP contribution in [0.1, 0.15) is 32.6 Å². The Kier molecular flexibility index (Phi) is 3.62. The van der Waals surface area contributed by atoms with Gasteiger partial charge in [0.15, 0.2) is 0 Å². The molecule has 1 aromatic rings. The summed E-state index contributed by atoms with van der Waals surface area (Å²) in [6, 6.07) is 4.42. The lowest BCUT2D eigenvalue weighted by atomic mass is 9.89. The van der Waals surface area contributed by atoms with Gasteiger partial charge < -0.3 is 5.32 Å². The summed E-state index contributed by atoms with van der Waals surface area (Å²) in [6.45, 7) is 13.8. The molecule has 1 saturated heterocycles. The molecule has 2 nitrogen and oxygen atoms in total. The lowest BCUT2D eigenvalue weighted by Gasteiger charge is -2.42. The van der Waals surface area contributed by atoms with Crippen molar-refractivity contribution in [3.05, 3.63) is 22.4 Å². The lowest BCUT2D eigenvalue weighted by Crippen LogP contribution is -2.58. The Bertz CT molecular complexity index is 354. The van der Waals surface area contributed by atoms with Crippen LogP contribution in [0.5, 0.6) is 0 Å². The highest BCUT2D eigenvalue weighted by molar-refractivity contribution is 7.10. The van der Waals surface area contributed by atoms with E-state index in [0.29, 0.717) is 0 Å². The van der Waals surface area contributed by atoms with E-state index in [1.807, 2.05) is 11.3 Å². The van der Waals surface area contributed by atoms with Crippen LogP contribution in [0, 0.1) is 0 Å². The zero-order valence-corrected chi connectivity index (χ0v) is 12.2. The van der Waals surface area contributed by atoms with Crippen molar-refractivity contribution >= 4 is 11.3 Å². The van der Waals surface area contributed by atoms with Crippen LogP contribution in [-0.4, -0.2) is 36.6 Å². The average Bonchev–Trinajstić information content (AvgIpc) is 2.67. The molecule has 1 N–H and O–H groups in total. The van der Waals surface area contributed by atoms with Crippen molar-refractivity contribution in [3.63, 3.8) is 0 Å². The van der Waals surface area contributed by atoms with E-state index in [1.165, 1.54) is 4.88 Å². The Balaban J connectivity index is 2.01. The van der Waals surface area contributed by atoms with Crippen LogP contribution < -0.4 is 5.32 Å². The Labute approximate surface area is 109 Å². The van der Waals surface area contributed by atoms with Gasteiger partial charge in [-0.15, -0.1) is 11.3 Å². The molecule has 0 unspecified atom stereocenters. The number of thiophene rings is 1. The van der Waals surface area contributed by atoms with E-state index < -0.39 is 0 Å². The SMILES string of the molecule is CC1(C)CN(CC(C)(C)c2cccs2)CCN1. The minimum atomic E-state index is 0.254. The Morgan fingerprint density at radius 1 is 1.47 bits per heavy atom. The van der Waals surface area contributed by atoms with Crippen molar-refractivity contribution < 1.29 is 0 Å². The maximum Gasteiger partial charge on any atom is 0.0252 e. The zero-order valence-electron chi connectivity index (χ0n) is 11.4. The molecule has 0 amide bonds. The quantitative estimate of drug-likeness (QED) is 0.890. The molecule has 1 fully saturated rings. The third kappa shape index (κ3) is 3.30. The smallest absolute Gasteiger partial charge is 0.0252 e. The molecule has 1 aromatic heterocycles. The van der Waals surface area contributed by atoms with Crippen molar-refractivity contribution in [3.8, 4) is 0 Å². The van der Waals surface area contributed by atoms with Gasteiger partial charge in [0.1, 0.15) is 0 Å². The van der Waals surface area contributed by atoms with Gasteiger partial charge in [-0.1, -0.05) is 19.9 Å². The maximum absolute atomic E-state index is 3.57. The van der Waals surface area contributed by atoms with E-state index in [-0.39, 0.29) is 11.0 Å². The van der Waals surface area contributed by atoms with Crippen LogP contribution >= 0.6 is 11.3 Å². The number of hydrogen-bond acceptors (Lipinski definition) is 3. The standard InChI is InChI=1S/C14H24N2S/c1-13(2,12-6-5-9-17-12)10-16-8-7-15-14(3,4)11-16/h5-6,9,15H,7-8,10-11H2,1-4H3. The number of rotatable bonds is 3. The summed E-state index contributed by atoms with van der Waals surface area (Å²) >= 11 is 1.88. The van der Waals surface area contributed by atoms with Crippen LogP contribution in [0.4, 0.5) is 0 Å². The molecule has 0 atom stereocenters. The van der Waals surface area contributed by atoms with Gasteiger partial charge in [0, 0.05) is 42.0 Å². The summed E-state index contributed by atoms with van der Waals surface area (Å²) in [5, 5.41) is 5.75. The number of piperazine rings is 1. The number of nitrogens with one attached hydrogen (secondary N) is 1. The highest BCUT2D eigenvalue weighted by Gasteiger charge is 2.30. The minimum Gasteiger partial charge on any atom is -0.309 e. The molecule has 2 rings (SSSR count).